The summed E-state index contributed by atoms with van der Waals surface area (Å²) in [5, 5.41) is 9.93. The molecule has 3 unspecified atom stereocenters. The van der Waals surface area contributed by atoms with Crippen molar-refractivity contribution < 1.29 is 9.84 Å². The highest BCUT2D eigenvalue weighted by Crippen LogP contribution is 2.55. The summed E-state index contributed by atoms with van der Waals surface area (Å²) < 4.78 is 6.07. The third kappa shape index (κ3) is 1.94. The van der Waals surface area contributed by atoms with E-state index in [4.69, 9.17) is 4.74 Å². The van der Waals surface area contributed by atoms with Crippen LogP contribution in [0.3, 0.4) is 0 Å². The Morgan fingerprint density at radius 3 is 2.60 bits per heavy atom. The molecular formula is C13H24O2. The van der Waals surface area contributed by atoms with Gasteiger partial charge >= 0.3 is 0 Å². The van der Waals surface area contributed by atoms with Gasteiger partial charge in [0.1, 0.15) is 0 Å². The summed E-state index contributed by atoms with van der Waals surface area (Å²) in [4.78, 5) is 0. The molecule has 0 aromatic heterocycles. The van der Waals surface area contributed by atoms with Gasteiger partial charge in [-0.05, 0) is 26.2 Å². The van der Waals surface area contributed by atoms with E-state index in [1.165, 1.54) is 32.1 Å². The lowest BCUT2D eigenvalue weighted by molar-refractivity contribution is -0.205. The van der Waals surface area contributed by atoms with Crippen molar-refractivity contribution in [3.63, 3.8) is 0 Å². The fourth-order valence-electron chi connectivity index (χ4n) is 3.36. The average molecular weight is 212 g/mol. The van der Waals surface area contributed by atoms with E-state index in [2.05, 4.69) is 13.8 Å². The summed E-state index contributed by atoms with van der Waals surface area (Å²) in [7, 11) is 0. The van der Waals surface area contributed by atoms with Crippen molar-refractivity contribution in [1.29, 1.82) is 0 Å². The van der Waals surface area contributed by atoms with Crippen molar-refractivity contribution in [2.24, 2.45) is 5.41 Å². The van der Waals surface area contributed by atoms with Crippen LogP contribution in [0.15, 0.2) is 0 Å². The fourth-order valence-corrected chi connectivity index (χ4v) is 3.36. The molecule has 2 aliphatic rings. The van der Waals surface area contributed by atoms with Gasteiger partial charge in [-0.15, -0.1) is 0 Å². The number of aliphatic hydroxyl groups excluding tert-OH is 1. The van der Waals surface area contributed by atoms with Crippen LogP contribution in [-0.4, -0.2) is 23.4 Å². The van der Waals surface area contributed by atoms with E-state index in [9.17, 15) is 5.11 Å². The molecule has 2 nitrogen and oxygen atoms in total. The number of hydrogen-bond acceptors (Lipinski definition) is 2. The van der Waals surface area contributed by atoms with Crippen molar-refractivity contribution in [1.82, 2.24) is 0 Å². The molecule has 2 heteroatoms. The smallest absolute Gasteiger partial charge is 0.0684 e. The highest BCUT2D eigenvalue weighted by molar-refractivity contribution is 5.06. The summed E-state index contributed by atoms with van der Waals surface area (Å²) in [6, 6.07) is 0. The lowest BCUT2D eigenvalue weighted by Crippen LogP contribution is -2.57. The van der Waals surface area contributed by atoms with Gasteiger partial charge in [0, 0.05) is 11.8 Å². The van der Waals surface area contributed by atoms with E-state index in [1.807, 2.05) is 0 Å². The predicted octanol–water partition coefficient (Wildman–Crippen LogP) is 2.89. The van der Waals surface area contributed by atoms with Gasteiger partial charge in [0.15, 0.2) is 0 Å². The summed E-state index contributed by atoms with van der Waals surface area (Å²) in [6.45, 7) is 4.36. The van der Waals surface area contributed by atoms with Crippen molar-refractivity contribution >= 4 is 0 Å². The second kappa shape index (κ2) is 4.42. The second-order valence-corrected chi connectivity index (χ2v) is 5.42. The zero-order chi connectivity index (χ0) is 10.9. The molecule has 0 heterocycles. The van der Waals surface area contributed by atoms with E-state index in [-0.39, 0.29) is 11.5 Å². The Labute approximate surface area is 93.0 Å². The molecule has 15 heavy (non-hydrogen) atoms. The summed E-state index contributed by atoms with van der Waals surface area (Å²) in [6.07, 6.45) is 8.73. The monoisotopic (exact) mass is 212 g/mol. The van der Waals surface area contributed by atoms with Crippen LogP contribution in [0.4, 0.5) is 0 Å². The molecule has 0 aliphatic heterocycles. The van der Waals surface area contributed by atoms with E-state index < -0.39 is 0 Å². The molecule has 2 fully saturated rings. The maximum absolute atomic E-state index is 9.93. The summed E-state index contributed by atoms with van der Waals surface area (Å²) in [5.41, 5.74) is 0.155. The lowest BCUT2D eigenvalue weighted by Gasteiger charge is -2.52. The Kier molecular flexibility index (Phi) is 3.36. The maximum atomic E-state index is 9.93. The van der Waals surface area contributed by atoms with Crippen molar-refractivity contribution in [3.8, 4) is 0 Å². The summed E-state index contributed by atoms with van der Waals surface area (Å²) >= 11 is 0. The van der Waals surface area contributed by atoms with Gasteiger partial charge in [-0.1, -0.05) is 26.2 Å². The quantitative estimate of drug-likeness (QED) is 0.776. The van der Waals surface area contributed by atoms with Crippen molar-refractivity contribution in [3.05, 3.63) is 0 Å². The first-order valence-electron chi connectivity index (χ1n) is 6.52. The van der Waals surface area contributed by atoms with E-state index >= 15 is 0 Å². The van der Waals surface area contributed by atoms with Gasteiger partial charge < -0.3 is 9.84 Å². The molecule has 3 atom stereocenters. The van der Waals surface area contributed by atoms with Crippen LogP contribution >= 0.6 is 0 Å². The summed E-state index contributed by atoms with van der Waals surface area (Å²) in [5.74, 6) is 0. The van der Waals surface area contributed by atoms with E-state index in [0.29, 0.717) is 12.2 Å². The predicted molar refractivity (Wildman–Crippen MR) is 60.8 cm³/mol. The van der Waals surface area contributed by atoms with Crippen LogP contribution in [0.5, 0.6) is 0 Å². The minimum Gasteiger partial charge on any atom is -0.392 e. The van der Waals surface area contributed by atoms with Crippen LogP contribution in [0.25, 0.3) is 0 Å². The van der Waals surface area contributed by atoms with E-state index in [0.717, 1.165) is 12.8 Å². The van der Waals surface area contributed by atoms with Crippen LogP contribution in [0.1, 0.15) is 58.8 Å². The van der Waals surface area contributed by atoms with Crippen LogP contribution in [-0.2, 0) is 4.74 Å². The number of ether oxygens (including phenoxy) is 1. The molecule has 2 saturated carbocycles. The maximum Gasteiger partial charge on any atom is 0.0684 e. The lowest BCUT2D eigenvalue weighted by atomic mass is 9.62. The minimum absolute atomic E-state index is 0.0844. The van der Waals surface area contributed by atoms with Crippen LogP contribution in [0.2, 0.25) is 0 Å². The van der Waals surface area contributed by atoms with E-state index in [1.54, 1.807) is 0 Å². The first-order chi connectivity index (χ1) is 7.19. The average Bonchev–Trinajstić information content (AvgIpc) is 2.69. The Morgan fingerprint density at radius 1 is 1.40 bits per heavy atom. The molecule has 0 saturated heterocycles. The van der Waals surface area contributed by atoms with Crippen LogP contribution in [0, 0.1) is 5.41 Å². The normalized spacial score (nSPS) is 35.4. The topological polar surface area (TPSA) is 29.5 Å². The van der Waals surface area contributed by atoms with Gasteiger partial charge in [0.05, 0.1) is 18.3 Å². The Bertz CT molecular complexity index is 209. The van der Waals surface area contributed by atoms with Crippen molar-refractivity contribution in [2.75, 3.05) is 0 Å². The standard InChI is InChI=1S/C13H24O2/c1-3-6-10(2)15-12-9-11(14)13(12)7-4-5-8-13/h10-12,14H,3-9H2,1-2H3. The molecule has 0 amide bonds. The molecular weight excluding hydrogens is 188 g/mol. The fraction of sp³-hybridized carbons (Fsp3) is 1.00. The molecule has 1 N–H and O–H groups in total. The Morgan fingerprint density at radius 2 is 2.07 bits per heavy atom. The second-order valence-electron chi connectivity index (χ2n) is 5.42. The zero-order valence-corrected chi connectivity index (χ0v) is 10.0. The molecule has 1 spiro atoms. The third-order valence-electron chi connectivity index (χ3n) is 4.37. The molecule has 0 aromatic carbocycles. The Hall–Kier alpha value is -0.0800. The minimum atomic E-state index is -0.0844. The van der Waals surface area contributed by atoms with Crippen molar-refractivity contribution in [2.45, 2.75) is 77.1 Å². The van der Waals surface area contributed by atoms with Gasteiger partial charge in [0.2, 0.25) is 0 Å². The highest BCUT2D eigenvalue weighted by Gasteiger charge is 2.56. The molecule has 2 aliphatic carbocycles. The first-order valence-corrected chi connectivity index (χ1v) is 6.52. The molecule has 0 aromatic rings. The van der Waals surface area contributed by atoms with Gasteiger partial charge in [-0.25, -0.2) is 0 Å². The van der Waals surface area contributed by atoms with Gasteiger partial charge in [-0.3, -0.25) is 0 Å². The number of rotatable bonds is 4. The largest absolute Gasteiger partial charge is 0.392 e. The molecule has 0 bridgehead atoms. The zero-order valence-electron chi connectivity index (χ0n) is 10.0. The van der Waals surface area contributed by atoms with Crippen LogP contribution < -0.4 is 0 Å². The number of aliphatic hydroxyl groups is 1. The first kappa shape index (κ1) is 11.4. The molecule has 0 radical (unpaired) electrons. The molecule has 2 rings (SSSR count). The SMILES string of the molecule is CCCC(C)OC1CC(O)C12CCCC2. The molecule has 88 valence electrons. The van der Waals surface area contributed by atoms with Gasteiger partial charge in [0.25, 0.3) is 0 Å². The van der Waals surface area contributed by atoms with Gasteiger partial charge in [-0.2, -0.15) is 0 Å². The highest BCUT2D eigenvalue weighted by atomic mass is 16.5. The Balaban J connectivity index is 1.88. The number of hydrogen-bond donors (Lipinski definition) is 1. The third-order valence-corrected chi connectivity index (χ3v) is 4.37.